The lowest BCUT2D eigenvalue weighted by Crippen LogP contribution is -2.36. The Labute approximate surface area is 117 Å². The number of likely N-dealkylation sites (tertiary alicyclic amines) is 1. The molecular formula is C17H27NO. The molecule has 0 bridgehead atoms. The third-order valence-corrected chi connectivity index (χ3v) is 4.76. The molecule has 1 heterocycles. The summed E-state index contributed by atoms with van der Waals surface area (Å²) in [5.41, 5.74) is 3.25. The number of benzene rings is 1. The van der Waals surface area contributed by atoms with Gasteiger partial charge in [-0.25, -0.2) is 0 Å². The van der Waals surface area contributed by atoms with Crippen LogP contribution in [0.15, 0.2) is 18.2 Å². The van der Waals surface area contributed by atoms with E-state index in [1.165, 1.54) is 43.5 Å². The van der Waals surface area contributed by atoms with Crippen molar-refractivity contribution in [1.29, 1.82) is 0 Å². The smallest absolute Gasteiger partial charge is 0.122 e. The highest BCUT2D eigenvalue weighted by molar-refractivity contribution is 5.39. The standard InChI is InChI=1S/C17H27NO/c1-14-6-5-7-16(19-4)15(14)8-9-17(2)10-12-18(3)13-11-17/h5-7H,8-13H2,1-4H3. The Hall–Kier alpha value is -1.02. The van der Waals surface area contributed by atoms with E-state index in [1.54, 1.807) is 7.11 Å². The minimum absolute atomic E-state index is 0.500. The zero-order valence-electron chi connectivity index (χ0n) is 12.8. The van der Waals surface area contributed by atoms with Gasteiger partial charge in [-0.05, 0) is 75.4 Å². The number of rotatable bonds is 4. The Morgan fingerprint density at radius 3 is 2.58 bits per heavy atom. The van der Waals surface area contributed by atoms with Gasteiger partial charge in [-0.15, -0.1) is 0 Å². The molecule has 0 N–H and O–H groups in total. The number of hydrogen-bond donors (Lipinski definition) is 0. The summed E-state index contributed by atoms with van der Waals surface area (Å²) in [6.07, 6.45) is 5.04. The monoisotopic (exact) mass is 261 g/mol. The lowest BCUT2D eigenvalue weighted by molar-refractivity contribution is 0.130. The maximum atomic E-state index is 5.51. The maximum absolute atomic E-state index is 5.51. The summed E-state index contributed by atoms with van der Waals surface area (Å²) in [4.78, 5) is 2.44. The highest BCUT2D eigenvalue weighted by atomic mass is 16.5. The molecule has 0 radical (unpaired) electrons. The number of aryl methyl sites for hydroxylation is 1. The summed E-state index contributed by atoms with van der Waals surface area (Å²) in [5, 5.41) is 0. The molecular weight excluding hydrogens is 234 g/mol. The average molecular weight is 261 g/mol. The fourth-order valence-electron chi connectivity index (χ4n) is 3.02. The van der Waals surface area contributed by atoms with Gasteiger partial charge in [-0.2, -0.15) is 0 Å². The fourth-order valence-corrected chi connectivity index (χ4v) is 3.02. The molecule has 0 atom stereocenters. The Kier molecular flexibility index (Phi) is 4.51. The molecule has 0 unspecified atom stereocenters. The van der Waals surface area contributed by atoms with Gasteiger partial charge in [0.1, 0.15) is 5.75 Å². The highest BCUT2D eigenvalue weighted by Crippen LogP contribution is 2.36. The Morgan fingerprint density at radius 1 is 1.26 bits per heavy atom. The van der Waals surface area contributed by atoms with Gasteiger partial charge in [0.2, 0.25) is 0 Å². The van der Waals surface area contributed by atoms with E-state index in [2.05, 4.69) is 44.0 Å². The van der Waals surface area contributed by atoms with E-state index in [-0.39, 0.29) is 0 Å². The predicted octanol–water partition coefficient (Wildman–Crippen LogP) is 3.67. The van der Waals surface area contributed by atoms with E-state index in [1.807, 2.05) is 0 Å². The van der Waals surface area contributed by atoms with Gasteiger partial charge in [0.15, 0.2) is 0 Å². The highest BCUT2D eigenvalue weighted by Gasteiger charge is 2.28. The van der Waals surface area contributed by atoms with Crippen LogP contribution in [0.1, 0.15) is 37.3 Å². The summed E-state index contributed by atoms with van der Waals surface area (Å²) >= 11 is 0. The fraction of sp³-hybridized carbons (Fsp3) is 0.647. The predicted molar refractivity (Wildman–Crippen MR) is 80.9 cm³/mol. The van der Waals surface area contributed by atoms with Crippen LogP contribution >= 0.6 is 0 Å². The van der Waals surface area contributed by atoms with Crippen LogP contribution in [0, 0.1) is 12.3 Å². The van der Waals surface area contributed by atoms with Crippen LogP contribution in [-0.4, -0.2) is 32.1 Å². The van der Waals surface area contributed by atoms with Crippen molar-refractivity contribution in [3.8, 4) is 5.75 Å². The maximum Gasteiger partial charge on any atom is 0.122 e. The van der Waals surface area contributed by atoms with Crippen LogP contribution < -0.4 is 4.74 Å². The van der Waals surface area contributed by atoms with Crippen molar-refractivity contribution < 1.29 is 4.74 Å². The lowest BCUT2D eigenvalue weighted by Gasteiger charge is -2.38. The molecule has 106 valence electrons. The molecule has 1 aromatic rings. The number of ether oxygens (including phenoxy) is 1. The minimum Gasteiger partial charge on any atom is -0.496 e. The summed E-state index contributed by atoms with van der Waals surface area (Å²) in [6.45, 7) is 7.11. The summed E-state index contributed by atoms with van der Waals surface area (Å²) in [6, 6.07) is 6.35. The van der Waals surface area contributed by atoms with E-state index < -0.39 is 0 Å². The average Bonchev–Trinajstić information content (AvgIpc) is 2.41. The Bertz CT molecular complexity index is 419. The van der Waals surface area contributed by atoms with Crippen LogP contribution in [0.4, 0.5) is 0 Å². The molecule has 2 heteroatoms. The second-order valence-corrected chi connectivity index (χ2v) is 6.37. The zero-order valence-corrected chi connectivity index (χ0v) is 12.8. The number of methoxy groups -OCH3 is 1. The van der Waals surface area contributed by atoms with Gasteiger partial charge in [0.05, 0.1) is 7.11 Å². The molecule has 19 heavy (non-hydrogen) atoms. The first-order chi connectivity index (χ1) is 9.04. The molecule has 2 rings (SSSR count). The summed E-state index contributed by atoms with van der Waals surface area (Å²) < 4.78 is 5.51. The molecule has 1 aliphatic heterocycles. The third kappa shape index (κ3) is 3.50. The van der Waals surface area contributed by atoms with Gasteiger partial charge >= 0.3 is 0 Å². The normalized spacial score (nSPS) is 19.4. The summed E-state index contributed by atoms with van der Waals surface area (Å²) in [7, 11) is 4.00. The quantitative estimate of drug-likeness (QED) is 0.820. The first-order valence-electron chi connectivity index (χ1n) is 7.35. The zero-order chi connectivity index (χ0) is 13.9. The molecule has 0 saturated carbocycles. The molecule has 0 amide bonds. The molecule has 0 aliphatic carbocycles. The van der Waals surface area contributed by atoms with Gasteiger partial charge in [0, 0.05) is 0 Å². The van der Waals surface area contributed by atoms with E-state index in [0.29, 0.717) is 5.41 Å². The van der Waals surface area contributed by atoms with Crippen molar-refractivity contribution >= 4 is 0 Å². The van der Waals surface area contributed by atoms with E-state index in [4.69, 9.17) is 4.74 Å². The molecule has 1 aromatic carbocycles. The molecule has 0 aromatic heterocycles. The van der Waals surface area contributed by atoms with Gasteiger partial charge in [0.25, 0.3) is 0 Å². The first-order valence-corrected chi connectivity index (χ1v) is 7.35. The van der Waals surface area contributed by atoms with Crippen LogP contribution in [0.2, 0.25) is 0 Å². The minimum atomic E-state index is 0.500. The first kappa shape index (κ1) is 14.4. The lowest BCUT2D eigenvalue weighted by atomic mass is 9.76. The van der Waals surface area contributed by atoms with Gasteiger partial charge in [-0.3, -0.25) is 0 Å². The molecule has 2 nitrogen and oxygen atoms in total. The van der Waals surface area contributed by atoms with Crippen molar-refractivity contribution in [2.45, 2.75) is 39.5 Å². The van der Waals surface area contributed by atoms with E-state index >= 15 is 0 Å². The van der Waals surface area contributed by atoms with E-state index in [0.717, 1.165) is 12.2 Å². The number of nitrogens with zero attached hydrogens (tertiary/aromatic N) is 1. The summed E-state index contributed by atoms with van der Waals surface area (Å²) in [5.74, 6) is 1.05. The molecule has 1 aliphatic rings. The topological polar surface area (TPSA) is 12.5 Å². The van der Waals surface area contributed by atoms with E-state index in [9.17, 15) is 0 Å². The van der Waals surface area contributed by atoms with Crippen LogP contribution in [0.5, 0.6) is 5.75 Å². The SMILES string of the molecule is COc1cccc(C)c1CCC1(C)CCN(C)CC1. The number of piperidine rings is 1. The van der Waals surface area contributed by atoms with Gasteiger partial charge < -0.3 is 9.64 Å². The third-order valence-electron chi connectivity index (χ3n) is 4.76. The number of hydrogen-bond acceptors (Lipinski definition) is 2. The van der Waals surface area contributed by atoms with Crippen LogP contribution in [0.25, 0.3) is 0 Å². The van der Waals surface area contributed by atoms with Crippen molar-refractivity contribution in [3.63, 3.8) is 0 Å². The van der Waals surface area contributed by atoms with Crippen molar-refractivity contribution in [2.24, 2.45) is 5.41 Å². The van der Waals surface area contributed by atoms with Crippen LogP contribution in [-0.2, 0) is 6.42 Å². The second-order valence-electron chi connectivity index (χ2n) is 6.37. The largest absolute Gasteiger partial charge is 0.496 e. The molecule has 1 fully saturated rings. The van der Waals surface area contributed by atoms with Crippen LogP contribution in [0.3, 0.4) is 0 Å². The van der Waals surface area contributed by atoms with Crippen molar-refractivity contribution in [2.75, 3.05) is 27.2 Å². The Morgan fingerprint density at radius 2 is 1.95 bits per heavy atom. The van der Waals surface area contributed by atoms with Crippen molar-refractivity contribution in [3.05, 3.63) is 29.3 Å². The Balaban J connectivity index is 2.02. The molecule has 0 spiro atoms. The molecule has 1 saturated heterocycles. The second kappa shape index (κ2) is 5.96. The van der Waals surface area contributed by atoms with Crippen molar-refractivity contribution in [1.82, 2.24) is 4.90 Å². The van der Waals surface area contributed by atoms with Gasteiger partial charge in [-0.1, -0.05) is 19.1 Å².